The van der Waals surface area contributed by atoms with E-state index >= 15 is 0 Å². The number of hydrogen-bond donors (Lipinski definition) is 0. The average molecular weight is 382 g/mol. The Morgan fingerprint density at radius 1 is 1.30 bits per heavy atom. The summed E-state index contributed by atoms with van der Waals surface area (Å²) in [6.07, 6.45) is 1.76. The maximum absolute atomic E-state index is 12.3. The lowest BCUT2D eigenvalue weighted by molar-refractivity contribution is -0.224. The van der Waals surface area contributed by atoms with Crippen molar-refractivity contribution in [3.8, 4) is 0 Å². The van der Waals surface area contributed by atoms with Crippen LogP contribution in [0.15, 0.2) is 11.6 Å². The molecule has 2 fully saturated rings. The lowest BCUT2D eigenvalue weighted by Crippen LogP contribution is -2.45. The molecule has 3 rings (SSSR count). The molecule has 7 heteroatoms. The fourth-order valence-electron chi connectivity index (χ4n) is 4.41. The van der Waals surface area contributed by atoms with Gasteiger partial charge in [0.05, 0.1) is 24.0 Å². The van der Waals surface area contributed by atoms with Crippen molar-refractivity contribution in [1.82, 2.24) is 0 Å². The Labute approximate surface area is 160 Å². The summed E-state index contributed by atoms with van der Waals surface area (Å²) in [5.41, 5.74) is 0.0961. The predicted molar refractivity (Wildman–Crippen MR) is 95.7 cm³/mol. The van der Waals surface area contributed by atoms with Crippen molar-refractivity contribution in [2.45, 2.75) is 76.7 Å². The molecule has 3 heterocycles. The van der Waals surface area contributed by atoms with Crippen molar-refractivity contribution in [2.24, 2.45) is 11.8 Å². The van der Waals surface area contributed by atoms with Gasteiger partial charge >= 0.3 is 11.9 Å². The molecule has 6 unspecified atom stereocenters. The maximum atomic E-state index is 12.3. The van der Waals surface area contributed by atoms with Crippen LogP contribution in [0.4, 0.5) is 0 Å². The quantitative estimate of drug-likeness (QED) is 0.545. The molecule has 2 saturated heterocycles. The highest BCUT2D eigenvalue weighted by atomic mass is 16.7. The summed E-state index contributed by atoms with van der Waals surface area (Å²) in [5.74, 6) is -2.06. The normalized spacial score (nSPS) is 41.3. The summed E-state index contributed by atoms with van der Waals surface area (Å²) in [5, 5.41) is 0. The minimum absolute atomic E-state index is 0.207. The zero-order valence-electron chi connectivity index (χ0n) is 16.9. The molecule has 0 aromatic rings. The third-order valence-electron chi connectivity index (χ3n) is 6.08. The van der Waals surface area contributed by atoms with E-state index in [4.69, 9.17) is 23.7 Å². The van der Waals surface area contributed by atoms with Gasteiger partial charge in [0.1, 0.15) is 12.2 Å². The molecule has 27 heavy (non-hydrogen) atoms. The van der Waals surface area contributed by atoms with Gasteiger partial charge < -0.3 is 23.7 Å². The molecule has 3 aliphatic heterocycles. The Hall–Kier alpha value is -1.44. The molecule has 7 nitrogen and oxygen atoms in total. The molecule has 0 amide bonds. The van der Waals surface area contributed by atoms with E-state index in [0.717, 1.165) is 5.57 Å². The fraction of sp³-hybridized carbons (Fsp3) is 0.800. The first-order valence-electron chi connectivity index (χ1n) is 9.51. The van der Waals surface area contributed by atoms with Gasteiger partial charge in [-0.05, 0) is 25.5 Å². The highest BCUT2D eigenvalue weighted by Crippen LogP contribution is 2.49. The highest BCUT2D eigenvalue weighted by molar-refractivity contribution is 5.74. The van der Waals surface area contributed by atoms with Crippen LogP contribution in [0.3, 0.4) is 0 Å². The number of ether oxygens (including phenoxy) is 5. The molecule has 3 aliphatic rings. The van der Waals surface area contributed by atoms with Crippen LogP contribution >= 0.6 is 0 Å². The number of fused-ring (bicyclic) bond motifs is 3. The Morgan fingerprint density at radius 2 is 2.00 bits per heavy atom. The van der Waals surface area contributed by atoms with E-state index in [9.17, 15) is 9.59 Å². The number of carbonyl (C=O) groups is 2. The summed E-state index contributed by atoms with van der Waals surface area (Å²) in [4.78, 5) is 24.4. The zero-order chi connectivity index (χ0) is 20.0. The minimum atomic E-state index is -0.952. The SMILES string of the molecule is COC1CC2(OC)OC1(C)CC(OC(=O)C(C)C)C1CC(=O)OC1C=C2C. The number of carbonyl (C=O) groups excluding carboxylic acids is 2. The number of hydrogen-bond acceptors (Lipinski definition) is 7. The Morgan fingerprint density at radius 3 is 2.59 bits per heavy atom. The van der Waals surface area contributed by atoms with Gasteiger partial charge in [-0.1, -0.05) is 13.8 Å². The van der Waals surface area contributed by atoms with Gasteiger partial charge in [-0.2, -0.15) is 0 Å². The summed E-state index contributed by atoms with van der Waals surface area (Å²) in [6, 6.07) is 0. The van der Waals surface area contributed by atoms with Gasteiger partial charge in [0, 0.05) is 33.0 Å². The van der Waals surface area contributed by atoms with Crippen LogP contribution in [0.2, 0.25) is 0 Å². The fourth-order valence-corrected chi connectivity index (χ4v) is 4.41. The first-order valence-corrected chi connectivity index (χ1v) is 9.51. The Balaban J connectivity index is 2.04. The standard InChI is InChI=1S/C20H30O7/c1-11(2)18(22)26-15-9-19(4)16(23-5)10-20(24-6,27-19)12(3)7-14-13(15)8-17(21)25-14/h7,11,13-16H,8-10H2,1-6H3. The molecular formula is C20H30O7. The smallest absolute Gasteiger partial charge is 0.308 e. The molecule has 0 aromatic heterocycles. The van der Waals surface area contributed by atoms with E-state index in [-0.39, 0.29) is 36.3 Å². The summed E-state index contributed by atoms with van der Waals surface area (Å²) in [6.45, 7) is 7.43. The zero-order valence-corrected chi connectivity index (χ0v) is 16.9. The molecule has 2 bridgehead atoms. The third-order valence-corrected chi connectivity index (χ3v) is 6.08. The third kappa shape index (κ3) is 3.52. The summed E-state index contributed by atoms with van der Waals surface area (Å²) >= 11 is 0. The largest absolute Gasteiger partial charge is 0.462 e. The Kier molecular flexibility index (Phi) is 5.40. The van der Waals surface area contributed by atoms with Crippen LogP contribution in [0.5, 0.6) is 0 Å². The van der Waals surface area contributed by atoms with E-state index in [0.29, 0.717) is 12.8 Å². The van der Waals surface area contributed by atoms with Crippen molar-refractivity contribution < 1.29 is 33.3 Å². The molecule has 0 aliphatic carbocycles. The van der Waals surface area contributed by atoms with Gasteiger partial charge in [-0.3, -0.25) is 9.59 Å². The monoisotopic (exact) mass is 382 g/mol. The number of esters is 2. The summed E-state index contributed by atoms with van der Waals surface area (Å²) < 4.78 is 29.3. The van der Waals surface area contributed by atoms with Gasteiger partial charge in [-0.25, -0.2) is 0 Å². The molecule has 0 saturated carbocycles. The first-order chi connectivity index (χ1) is 12.6. The topological polar surface area (TPSA) is 80.3 Å². The van der Waals surface area contributed by atoms with Gasteiger partial charge in [-0.15, -0.1) is 0 Å². The Bertz CT molecular complexity index is 642. The van der Waals surface area contributed by atoms with Gasteiger partial charge in [0.2, 0.25) is 0 Å². The molecule has 0 N–H and O–H groups in total. The molecule has 152 valence electrons. The van der Waals surface area contributed by atoms with Crippen molar-refractivity contribution in [3.05, 3.63) is 11.6 Å². The van der Waals surface area contributed by atoms with E-state index < -0.39 is 23.6 Å². The molecule has 0 aromatic carbocycles. The lowest BCUT2D eigenvalue weighted by Gasteiger charge is -2.36. The predicted octanol–water partition coefficient (Wildman–Crippen LogP) is 2.37. The van der Waals surface area contributed by atoms with Crippen LogP contribution in [-0.2, 0) is 33.3 Å². The summed E-state index contributed by atoms with van der Waals surface area (Å²) in [7, 11) is 3.24. The van der Waals surface area contributed by atoms with Crippen molar-refractivity contribution in [2.75, 3.05) is 14.2 Å². The van der Waals surface area contributed by atoms with Crippen LogP contribution in [0.25, 0.3) is 0 Å². The van der Waals surface area contributed by atoms with Gasteiger partial charge in [0.15, 0.2) is 5.79 Å². The number of rotatable bonds is 4. The second-order valence-corrected chi connectivity index (χ2v) is 8.31. The minimum Gasteiger partial charge on any atom is -0.462 e. The molecule has 0 radical (unpaired) electrons. The van der Waals surface area contributed by atoms with Crippen molar-refractivity contribution >= 4 is 11.9 Å². The molecule has 0 spiro atoms. The van der Waals surface area contributed by atoms with Crippen LogP contribution < -0.4 is 0 Å². The van der Waals surface area contributed by atoms with Crippen LogP contribution in [0.1, 0.15) is 47.0 Å². The maximum Gasteiger partial charge on any atom is 0.308 e. The first kappa shape index (κ1) is 20.3. The second kappa shape index (κ2) is 7.18. The van der Waals surface area contributed by atoms with E-state index in [1.807, 2.05) is 19.9 Å². The lowest BCUT2D eigenvalue weighted by atomic mass is 9.82. The average Bonchev–Trinajstić information content (AvgIpc) is 3.11. The van der Waals surface area contributed by atoms with E-state index in [1.54, 1.807) is 28.1 Å². The second-order valence-electron chi connectivity index (χ2n) is 8.31. The van der Waals surface area contributed by atoms with Crippen LogP contribution in [0, 0.1) is 11.8 Å². The van der Waals surface area contributed by atoms with Crippen LogP contribution in [-0.4, -0.2) is 55.9 Å². The van der Waals surface area contributed by atoms with Gasteiger partial charge in [0.25, 0.3) is 0 Å². The molecule has 6 atom stereocenters. The number of methoxy groups -OCH3 is 2. The highest BCUT2D eigenvalue weighted by Gasteiger charge is 2.59. The molecular weight excluding hydrogens is 352 g/mol. The van der Waals surface area contributed by atoms with Crippen molar-refractivity contribution in [1.29, 1.82) is 0 Å². The van der Waals surface area contributed by atoms with E-state index in [2.05, 4.69) is 0 Å². The van der Waals surface area contributed by atoms with Crippen molar-refractivity contribution in [3.63, 3.8) is 0 Å². The van der Waals surface area contributed by atoms with E-state index in [1.165, 1.54) is 0 Å².